The molecule has 0 aliphatic rings. The van der Waals surface area contributed by atoms with Gasteiger partial charge in [-0.05, 0) is 31.5 Å². The van der Waals surface area contributed by atoms with E-state index in [1.54, 1.807) is 24.1 Å². The fourth-order valence-corrected chi connectivity index (χ4v) is 2.34. The summed E-state index contributed by atoms with van der Waals surface area (Å²) in [6.45, 7) is 3.98. The third-order valence-corrected chi connectivity index (χ3v) is 3.53. The standard InChI is InChI=1S/C14H18ClFN4O/c1-8(2)20-14(12(21-3)7-18-20)13(19-17)9-4-5-10(15)11(16)6-9/h4-8,13,19H,17H2,1-3H3. The van der Waals surface area contributed by atoms with Crippen molar-refractivity contribution < 1.29 is 9.13 Å². The summed E-state index contributed by atoms with van der Waals surface area (Å²) in [7, 11) is 1.56. The molecule has 0 radical (unpaired) electrons. The maximum absolute atomic E-state index is 13.7. The van der Waals surface area contributed by atoms with E-state index in [1.165, 1.54) is 12.1 Å². The summed E-state index contributed by atoms with van der Waals surface area (Å²) in [5.74, 6) is 5.76. The summed E-state index contributed by atoms with van der Waals surface area (Å²) < 4.78 is 20.8. The van der Waals surface area contributed by atoms with Gasteiger partial charge in [-0.3, -0.25) is 10.5 Å². The first-order chi connectivity index (χ1) is 9.99. The van der Waals surface area contributed by atoms with Crippen LogP contribution in [0.5, 0.6) is 5.75 Å². The molecule has 0 amide bonds. The number of nitrogens with one attached hydrogen (secondary N) is 1. The Bertz CT molecular complexity index is 629. The molecular formula is C14H18ClFN4O. The number of hydrazine groups is 1. The minimum atomic E-state index is -0.496. The lowest BCUT2D eigenvalue weighted by Gasteiger charge is -2.21. The van der Waals surface area contributed by atoms with Gasteiger partial charge < -0.3 is 4.74 Å². The van der Waals surface area contributed by atoms with Gasteiger partial charge in [-0.2, -0.15) is 5.10 Å². The number of hydrogen-bond donors (Lipinski definition) is 2. The zero-order chi connectivity index (χ0) is 15.6. The molecule has 1 atom stereocenters. The Kier molecular flexibility index (Phi) is 4.82. The summed E-state index contributed by atoms with van der Waals surface area (Å²) >= 11 is 5.72. The summed E-state index contributed by atoms with van der Waals surface area (Å²) in [5.41, 5.74) is 4.06. The van der Waals surface area contributed by atoms with E-state index in [4.69, 9.17) is 22.2 Å². The third kappa shape index (κ3) is 3.02. The van der Waals surface area contributed by atoms with Crippen LogP contribution in [0.4, 0.5) is 4.39 Å². The van der Waals surface area contributed by atoms with Crippen molar-refractivity contribution in [2.45, 2.75) is 25.9 Å². The van der Waals surface area contributed by atoms with Crippen molar-refractivity contribution in [3.63, 3.8) is 0 Å². The van der Waals surface area contributed by atoms with Crippen LogP contribution in [0.2, 0.25) is 5.02 Å². The Labute approximate surface area is 127 Å². The predicted molar refractivity (Wildman–Crippen MR) is 79.7 cm³/mol. The number of halogens is 2. The van der Waals surface area contributed by atoms with Crippen molar-refractivity contribution >= 4 is 11.6 Å². The van der Waals surface area contributed by atoms with E-state index in [0.29, 0.717) is 11.3 Å². The first-order valence-corrected chi connectivity index (χ1v) is 6.89. The van der Waals surface area contributed by atoms with E-state index >= 15 is 0 Å². The van der Waals surface area contributed by atoms with Gasteiger partial charge in [0.05, 0.1) is 24.4 Å². The number of methoxy groups -OCH3 is 1. The van der Waals surface area contributed by atoms with Crippen molar-refractivity contribution in [1.29, 1.82) is 0 Å². The Morgan fingerprint density at radius 2 is 2.14 bits per heavy atom. The molecule has 3 N–H and O–H groups in total. The van der Waals surface area contributed by atoms with Crippen LogP contribution in [-0.4, -0.2) is 16.9 Å². The summed E-state index contributed by atoms with van der Waals surface area (Å²) in [4.78, 5) is 0. The quantitative estimate of drug-likeness (QED) is 0.658. The molecule has 0 saturated carbocycles. The molecule has 2 aromatic rings. The van der Waals surface area contributed by atoms with Gasteiger partial charge in [0.15, 0.2) is 5.75 Å². The van der Waals surface area contributed by atoms with Crippen LogP contribution < -0.4 is 16.0 Å². The number of hydrogen-bond acceptors (Lipinski definition) is 4. The first-order valence-electron chi connectivity index (χ1n) is 6.52. The number of nitrogens with zero attached hydrogens (tertiary/aromatic N) is 2. The summed E-state index contributed by atoms with van der Waals surface area (Å²) in [6, 6.07) is 4.21. The molecule has 0 spiro atoms. The van der Waals surface area contributed by atoms with E-state index < -0.39 is 11.9 Å². The Balaban J connectivity index is 2.55. The molecule has 7 heteroatoms. The summed E-state index contributed by atoms with van der Waals surface area (Å²) in [6.07, 6.45) is 1.62. The van der Waals surface area contributed by atoms with Crippen LogP contribution in [0, 0.1) is 5.82 Å². The van der Waals surface area contributed by atoms with Gasteiger partial charge >= 0.3 is 0 Å². The van der Waals surface area contributed by atoms with Gasteiger partial charge in [-0.1, -0.05) is 17.7 Å². The van der Waals surface area contributed by atoms with Gasteiger partial charge in [0.2, 0.25) is 0 Å². The zero-order valence-electron chi connectivity index (χ0n) is 12.1. The maximum Gasteiger partial charge on any atom is 0.161 e. The zero-order valence-corrected chi connectivity index (χ0v) is 12.9. The molecular weight excluding hydrogens is 295 g/mol. The molecule has 0 bridgehead atoms. The number of rotatable bonds is 5. The van der Waals surface area contributed by atoms with E-state index in [-0.39, 0.29) is 11.1 Å². The average Bonchev–Trinajstić information content (AvgIpc) is 2.87. The highest BCUT2D eigenvalue weighted by Gasteiger charge is 2.24. The molecule has 1 aromatic heterocycles. The second kappa shape index (κ2) is 6.43. The monoisotopic (exact) mass is 312 g/mol. The molecule has 1 aromatic carbocycles. The highest BCUT2D eigenvalue weighted by atomic mass is 35.5. The minimum absolute atomic E-state index is 0.0684. The molecule has 114 valence electrons. The number of aromatic nitrogens is 2. The lowest BCUT2D eigenvalue weighted by molar-refractivity contribution is 0.394. The highest BCUT2D eigenvalue weighted by molar-refractivity contribution is 6.30. The van der Waals surface area contributed by atoms with E-state index in [1.807, 2.05) is 13.8 Å². The van der Waals surface area contributed by atoms with Gasteiger partial charge in [-0.15, -0.1) is 0 Å². The van der Waals surface area contributed by atoms with E-state index in [0.717, 1.165) is 5.69 Å². The Morgan fingerprint density at radius 3 is 2.67 bits per heavy atom. The number of benzene rings is 1. The molecule has 1 heterocycles. The van der Waals surface area contributed by atoms with E-state index in [9.17, 15) is 4.39 Å². The molecule has 0 fully saturated rings. The molecule has 5 nitrogen and oxygen atoms in total. The van der Waals surface area contributed by atoms with Gasteiger partial charge in [0.25, 0.3) is 0 Å². The molecule has 0 aliphatic carbocycles. The predicted octanol–water partition coefficient (Wildman–Crippen LogP) is 2.82. The van der Waals surface area contributed by atoms with Crippen LogP contribution >= 0.6 is 11.6 Å². The Morgan fingerprint density at radius 1 is 1.43 bits per heavy atom. The molecule has 21 heavy (non-hydrogen) atoms. The van der Waals surface area contributed by atoms with Gasteiger partial charge in [-0.25, -0.2) is 9.82 Å². The lowest BCUT2D eigenvalue weighted by atomic mass is 10.0. The second-order valence-corrected chi connectivity index (χ2v) is 5.32. The number of nitrogens with two attached hydrogens (primary N) is 1. The van der Waals surface area contributed by atoms with Crippen LogP contribution in [0.3, 0.4) is 0 Å². The van der Waals surface area contributed by atoms with Gasteiger partial charge in [0, 0.05) is 6.04 Å². The smallest absolute Gasteiger partial charge is 0.161 e. The maximum atomic E-state index is 13.7. The van der Waals surface area contributed by atoms with Crippen LogP contribution in [0.15, 0.2) is 24.4 Å². The molecule has 0 aliphatic heterocycles. The third-order valence-electron chi connectivity index (χ3n) is 3.22. The fourth-order valence-electron chi connectivity index (χ4n) is 2.22. The topological polar surface area (TPSA) is 65.1 Å². The largest absolute Gasteiger partial charge is 0.493 e. The van der Waals surface area contributed by atoms with Crippen molar-refractivity contribution in [2.75, 3.05) is 7.11 Å². The van der Waals surface area contributed by atoms with Crippen molar-refractivity contribution in [3.8, 4) is 5.75 Å². The Hall–Kier alpha value is -1.63. The van der Waals surface area contributed by atoms with Gasteiger partial charge in [0.1, 0.15) is 11.5 Å². The van der Waals surface area contributed by atoms with E-state index in [2.05, 4.69) is 10.5 Å². The normalized spacial score (nSPS) is 12.7. The van der Waals surface area contributed by atoms with Crippen LogP contribution in [0.25, 0.3) is 0 Å². The minimum Gasteiger partial charge on any atom is -0.493 e. The molecule has 1 unspecified atom stereocenters. The second-order valence-electron chi connectivity index (χ2n) is 4.91. The fraction of sp³-hybridized carbons (Fsp3) is 0.357. The van der Waals surface area contributed by atoms with Crippen molar-refractivity contribution in [3.05, 3.63) is 46.5 Å². The van der Waals surface area contributed by atoms with Crippen LogP contribution in [-0.2, 0) is 0 Å². The first kappa shape index (κ1) is 15.8. The SMILES string of the molecule is COc1cnn(C(C)C)c1C(NN)c1ccc(Cl)c(F)c1. The average molecular weight is 313 g/mol. The lowest BCUT2D eigenvalue weighted by Crippen LogP contribution is -2.31. The van der Waals surface area contributed by atoms with Crippen LogP contribution in [0.1, 0.15) is 37.2 Å². The highest BCUT2D eigenvalue weighted by Crippen LogP contribution is 2.32. The molecule has 0 saturated heterocycles. The van der Waals surface area contributed by atoms with Crippen molar-refractivity contribution in [1.82, 2.24) is 15.2 Å². The number of ether oxygens (including phenoxy) is 1. The van der Waals surface area contributed by atoms with Crippen molar-refractivity contribution in [2.24, 2.45) is 5.84 Å². The summed E-state index contributed by atoms with van der Waals surface area (Å²) in [5, 5.41) is 4.37. The molecule has 2 rings (SSSR count).